The van der Waals surface area contributed by atoms with Gasteiger partial charge in [0.05, 0.1) is 12.9 Å². The Morgan fingerprint density at radius 3 is 2.87 bits per heavy atom. The molecule has 3 rings (SSSR count). The molecule has 1 aliphatic rings. The quantitative estimate of drug-likeness (QED) is 0.895. The van der Waals surface area contributed by atoms with Gasteiger partial charge in [0.25, 0.3) is 0 Å². The Morgan fingerprint density at radius 2 is 2.17 bits per heavy atom. The zero-order chi connectivity index (χ0) is 16.3. The highest BCUT2D eigenvalue weighted by atomic mass is 19.1. The number of β-amino-alcohol motifs (C(OH)–C–C–N with tert-alkyl or cyclic N) is 1. The molecular formula is C16H18FN3O3. The molecule has 2 aromatic rings. The van der Waals surface area contributed by atoms with Crippen molar-refractivity contribution in [1.29, 1.82) is 0 Å². The van der Waals surface area contributed by atoms with Crippen LogP contribution >= 0.6 is 0 Å². The third-order valence-electron chi connectivity index (χ3n) is 3.88. The number of hydrogen-bond acceptors (Lipinski definition) is 4. The van der Waals surface area contributed by atoms with Crippen LogP contribution in [-0.4, -0.2) is 50.8 Å². The number of ether oxygens (including phenoxy) is 1. The molecule has 122 valence electrons. The fraction of sp³-hybridized carbons (Fsp3) is 0.375. The molecule has 23 heavy (non-hydrogen) atoms. The standard InChI is InChI=1S/C16H18FN3O3/c17-13-1-3-14(4-2-13)23-11-16(22)5-7-20(10-16)15(21)9-19-8-6-18-12-19/h1-4,6,8,12,22H,5,7,9-11H2. The van der Waals surface area contributed by atoms with E-state index in [9.17, 15) is 14.3 Å². The van der Waals surface area contributed by atoms with E-state index in [1.54, 1.807) is 28.2 Å². The van der Waals surface area contributed by atoms with Crippen LogP contribution in [0.5, 0.6) is 5.75 Å². The molecular weight excluding hydrogens is 301 g/mol. The zero-order valence-electron chi connectivity index (χ0n) is 12.6. The van der Waals surface area contributed by atoms with Gasteiger partial charge in [0.1, 0.15) is 30.3 Å². The maximum atomic E-state index is 12.8. The Morgan fingerprint density at radius 1 is 1.39 bits per heavy atom. The smallest absolute Gasteiger partial charge is 0.242 e. The number of imidazole rings is 1. The van der Waals surface area contributed by atoms with Crippen LogP contribution in [0.1, 0.15) is 6.42 Å². The molecule has 1 aromatic carbocycles. The van der Waals surface area contributed by atoms with E-state index in [1.807, 2.05) is 0 Å². The minimum atomic E-state index is -1.08. The fourth-order valence-electron chi connectivity index (χ4n) is 2.57. The number of likely N-dealkylation sites (tertiary alicyclic amines) is 1. The summed E-state index contributed by atoms with van der Waals surface area (Å²) in [5, 5.41) is 10.5. The molecule has 7 heteroatoms. The molecule has 0 aliphatic carbocycles. The molecule has 0 bridgehead atoms. The van der Waals surface area contributed by atoms with Crippen LogP contribution < -0.4 is 4.74 Å². The highest BCUT2D eigenvalue weighted by Crippen LogP contribution is 2.23. The third kappa shape index (κ3) is 3.87. The number of aliphatic hydroxyl groups is 1. The molecule has 0 saturated carbocycles. The summed E-state index contributed by atoms with van der Waals surface area (Å²) >= 11 is 0. The normalized spacial score (nSPS) is 20.7. The molecule has 2 heterocycles. The second kappa shape index (κ2) is 6.37. The van der Waals surface area contributed by atoms with E-state index < -0.39 is 5.60 Å². The topological polar surface area (TPSA) is 67.6 Å². The Balaban J connectivity index is 1.53. The first-order valence-electron chi connectivity index (χ1n) is 7.38. The van der Waals surface area contributed by atoms with E-state index >= 15 is 0 Å². The first-order chi connectivity index (χ1) is 11.0. The SMILES string of the molecule is O=C(Cn1ccnc1)N1CCC(O)(COc2ccc(F)cc2)C1. The number of rotatable bonds is 5. The largest absolute Gasteiger partial charge is 0.491 e. The second-order valence-electron chi connectivity index (χ2n) is 5.77. The van der Waals surface area contributed by atoms with Crippen molar-refractivity contribution in [3.8, 4) is 5.75 Å². The predicted molar refractivity (Wildman–Crippen MR) is 80.3 cm³/mol. The van der Waals surface area contributed by atoms with Crippen LogP contribution in [0.25, 0.3) is 0 Å². The number of aromatic nitrogens is 2. The van der Waals surface area contributed by atoms with Gasteiger partial charge in [0.2, 0.25) is 5.91 Å². The molecule has 1 unspecified atom stereocenters. The monoisotopic (exact) mass is 319 g/mol. The Labute approximate surface area is 133 Å². The molecule has 1 N–H and O–H groups in total. The van der Waals surface area contributed by atoms with E-state index in [2.05, 4.69) is 4.98 Å². The average Bonchev–Trinajstić information content (AvgIpc) is 3.17. The highest BCUT2D eigenvalue weighted by Gasteiger charge is 2.38. The fourth-order valence-corrected chi connectivity index (χ4v) is 2.57. The van der Waals surface area contributed by atoms with Crippen molar-refractivity contribution >= 4 is 5.91 Å². The average molecular weight is 319 g/mol. The van der Waals surface area contributed by atoms with Gasteiger partial charge in [0, 0.05) is 18.9 Å². The number of carbonyl (C=O) groups is 1. The minimum absolute atomic E-state index is 0.0630. The van der Waals surface area contributed by atoms with E-state index in [0.717, 1.165) is 0 Å². The van der Waals surface area contributed by atoms with Crippen molar-refractivity contribution in [2.75, 3.05) is 19.7 Å². The van der Waals surface area contributed by atoms with Gasteiger partial charge >= 0.3 is 0 Å². The Hall–Kier alpha value is -2.41. The van der Waals surface area contributed by atoms with Crippen molar-refractivity contribution in [2.45, 2.75) is 18.6 Å². The van der Waals surface area contributed by atoms with Gasteiger partial charge in [-0.1, -0.05) is 0 Å². The first kappa shape index (κ1) is 15.5. The van der Waals surface area contributed by atoms with E-state index in [4.69, 9.17) is 4.74 Å². The summed E-state index contributed by atoms with van der Waals surface area (Å²) in [5.41, 5.74) is -1.08. The zero-order valence-corrected chi connectivity index (χ0v) is 12.6. The van der Waals surface area contributed by atoms with Crippen LogP contribution in [0.4, 0.5) is 4.39 Å². The Kier molecular flexibility index (Phi) is 4.29. The second-order valence-corrected chi connectivity index (χ2v) is 5.77. The lowest BCUT2D eigenvalue weighted by atomic mass is 10.1. The maximum Gasteiger partial charge on any atom is 0.242 e. The Bertz CT molecular complexity index is 660. The minimum Gasteiger partial charge on any atom is -0.491 e. The molecule has 6 nitrogen and oxygen atoms in total. The van der Waals surface area contributed by atoms with Gasteiger partial charge in [-0.3, -0.25) is 4.79 Å². The van der Waals surface area contributed by atoms with Crippen molar-refractivity contribution in [3.05, 3.63) is 48.8 Å². The van der Waals surface area contributed by atoms with Crippen LogP contribution in [0.15, 0.2) is 43.0 Å². The molecule has 1 saturated heterocycles. The van der Waals surface area contributed by atoms with Crippen molar-refractivity contribution in [1.82, 2.24) is 14.5 Å². The van der Waals surface area contributed by atoms with Crippen molar-refractivity contribution < 1.29 is 19.0 Å². The molecule has 0 spiro atoms. The van der Waals surface area contributed by atoms with E-state index in [-0.39, 0.29) is 31.4 Å². The third-order valence-corrected chi connectivity index (χ3v) is 3.88. The molecule has 1 amide bonds. The van der Waals surface area contributed by atoms with Crippen LogP contribution in [0, 0.1) is 5.82 Å². The summed E-state index contributed by atoms with van der Waals surface area (Å²) in [6.07, 6.45) is 5.36. The first-order valence-corrected chi connectivity index (χ1v) is 7.38. The number of carbonyl (C=O) groups excluding carboxylic acids is 1. The summed E-state index contributed by atoms with van der Waals surface area (Å²) in [5.74, 6) is 0.0805. The molecule has 0 radical (unpaired) electrons. The van der Waals surface area contributed by atoms with Crippen LogP contribution in [-0.2, 0) is 11.3 Å². The van der Waals surface area contributed by atoms with Crippen molar-refractivity contribution in [3.63, 3.8) is 0 Å². The van der Waals surface area contributed by atoms with Crippen LogP contribution in [0.2, 0.25) is 0 Å². The lowest BCUT2D eigenvalue weighted by Crippen LogP contribution is -2.41. The number of hydrogen-bond donors (Lipinski definition) is 1. The number of benzene rings is 1. The lowest BCUT2D eigenvalue weighted by Gasteiger charge is -2.23. The molecule has 1 atom stereocenters. The lowest BCUT2D eigenvalue weighted by molar-refractivity contribution is -0.132. The summed E-state index contributed by atoms with van der Waals surface area (Å²) in [7, 11) is 0. The summed E-state index contributed by atoms with van der Waals surface area (Å²) < 4.78 is 20.0. The molecule has 1 fully saturated rings. The summed E-state index contributed by atoms with van der Waals surface area (Å²) in [4.78, 5) is 17.7. The van der Waals surface area contributed by atoms with E-state index in [1.165, 1.54) is 24.3 Å². The van der Waals surface area contributed by atoms with E-state index in [0.29, 0.717) is 18.7 Å². The van der Waals surface area contributed by atoms with Gasteiger partial charge in [-0.25, -0.2) is 9.37 Å². The van der Waals surface area contributed by atoms with Crippen LogP contribution in [0.3, 0.4) is 0 Å². The van der Waals surface area contributed by atoms with Crippen molar-refractivity contribution in [2.24, 2.45) is 0 Å². The van der Waals surface area contributed by atoms with Gasteiger partial charge in [0.15, 0.2) is 0 Å². The molecule has 1 aliphatic heterocycles. The van der Waals surface area contributed by atoms with Gasteiger partial charge < -0.3 is 19.3 Å². The van der Waals surface area contributed by atoms with Gasteiger partial charge in [-0.05, 0) is 30.7 Å². The molecule has 1 aromatic heterocycles. The number of halogens is 1. The summed E-state index contributed by atoms with van der Waals surface area (Å²) in [6, 6.07) is 5.62. The maximum absolute atomic E-state index is 12.8. The van der Waals surface area contributed by atoms with Gasteiger partial charge in [-0.2, -0.15) is 0 Å². The predicted octanol–water partition coefficient (Wildman–Crippen LogP) is 1.06. The summed E-state index contributed by atoms with van der Waals surface area (Å²) in [6.45, 7) is 0.973. The number of amides is 1. The highest BCUT2D eigenvalue weighted by molar-refractivity contribution is 5.76. The van der Waals surface area contributed by atoms with Gasteiger partial charge in [-0.15, -0.1) is 0 Å². The number of nitrogens with zero attached hydrogens (tertiary/aromatic N) is 3.